The van der Waals surface area contributed by atoms with E-state index in [0.717, 1.165) is 22.5 Å². The van der Waals surface area contributed by atoms with E-state index >= 15 is 0 Å². The number of ether oxygens (including phenoxy) is 1. The van der Waals surface area contributed by atoms with Gasteiger partial charge in [0.05, 0.1) is 11.6 Å². The van der Waals surface area contributed by atoms with Gasteiger partial charge in [0.15, 0.2) is 0 Å². The van der Waals surface area contributed by atoms with E-state index in [2.05, 4.69) is 57.6 Å². The molecule has 0 aromatic heterocycles. The molecule has 2 nitrogen and oxygen atoms in total. The second-order valence-corrected chi connectivity index (χ2v) is 6.37. The highest BCUT2D eigenvalue weighted by atomic mass is 79.9. The van der Waals surface area contributed by atoms with E-state index in [-0.39, 0.29) is 0 Å². The highest BCUT2D eigenvalue weighted by Gasteiger charge is 2.19. The molecule has 1 atom stereocenters. The van der Waals surface area contributed by atoms with Crippen LogP contribution >= 0.6 is 15.9 Å². The van der Waals surface area contributed by atoms with Crippen LogP contribution in [-0.4, -0.2) is 13.7 Å². The number of aryl methyl sites for hydroxylation is 1. The minimum absolute atomic E-state index is 0.607. The zero-order valence-corrected chi connectivity index (χ0v) is 13.8. The van der Waals surface area contributed by atoms with Gasteiger partial charge in [0.1, 0.15) is 5.75 Å². The molecule has 0 aliphatic heterocycles. The lowest BCUT2D eigenvalue weighted by molar-refractivity contribution is 0.412. The van der Waals surface area contributed by atoms with Crippen LogP contribution in [0.1, 0.15) is 29.9 Å². The predicted octanol–water partition coefficient (Wildman–Crippen LogP) is 4.99. The van der Waals surface area contributed by atoms with E-state index in [9.17, 15) is 0 Å². The fraction of sp³-hybridized carbons (Fsp3) is 0.333. The third kappa shape index (κ3) is 3.24. The molecule has 1 unspecified atom stereocenters. The van der Waals surface area contributed by atoms with Crippen LogP contribution in [0.4, 0.5) is 5.69 Å². The first-order chi connectivity index (χ1) is 10.3. The molecule has 1 aliphatic carbocycles. The number of hydrogen-bond donors (Lipinski definition) is 1. The van der Waals surface area contributed by atoms with Crippen molar-refractivity contribution in [2.45, 2.75) is 25.2 Å². The summed E-state index contributed by atoms with van der Waals surface area (Å²) in [4.78, 5) is 0. The van der Waals surface area contributed by atoms with Gasteiger partial charge >= 0.3 is 0 Å². The number of hydrogen-bond acceptors (Lipinski definition) is 2. The lowest BCUT2D eigenvalue weighted by Gasteiger charge is -2.26. The predicted molar refractivity (Wildman–Crippen MR) is 91.3 cm³/mol. The van der Waals surface area contributed by atoms with Gasteiger partial charge in [-0.3, -0.25) is 0 Å². The maximum absolute atomic E-state index is 5.27. The summed E-state index contributed by atoms with van der Waals surface area (Å²) in [6, 6.07) is 15.0. The summed E-state index contributed by atoms with van der Waals surface area (Å²) < 4.78 is 6.25. The van der Waals surface area contributed by atoms with Crippen molar-refractivity contribution in [3.8, 4) is 5.75 Å². The molecule has 0 fully saturated rings. The van der Waals surface area contributed by atoms with E-state index < -0.39 is 0 Å². The van der Waals surface area contributed by atoms with Crippen LogP contribution in [0.15, 0.2) is 46.9 Å². The van der Waals surface area contributed by atoms with Crippen LogP contribution in [0.3, 0.4) is 0 Å². The van der Waals surface area contributed by atoms with Crippen molar-refractivity contribution in [1.29, 1.82) is 0 Å². The third-order valence-corrected chi connectivity index (χ3v) is 4.82. The summed E-state index contributed by atoms with van der Waals surface area (Å²) in [5, 5.41) is 3.56. The minimum atomic E-state index is 0.607. The summed E-state index contributed by atoms with van der Waals surface area (Å²) in [6.45, 7) is 0.982. The fourth-order valence-corrected chi connectivity index (χ4v) is 3.62. The van der Waals surface area contributed by atoms with Gasteiger partial charge in [-0.15, -0.1) is 0 Å². The van der Waals surface area contributed by atoms with Crippen LogP contribution in [0.2, 0.25) is 0 Å². The molecule has 0 bridgehead atoms. The fourth-order valence-electron chi connectivity index (χ4n) is 3.08. The smallest absolute Gasteiger partial charge is 0.133 e. The molecular weight excluding hydrogens is 326 g/mol. The highest BCUT2D eigenvalue weighted by Crippen LogP contribution is 2.32. The van der Waals surface area contributed by atoms with Crippen LogP contribution in [-0.2, 0) is 6.42 Å². The molecular formula is C18H20BrNO. The quantitative estimate of drug-likeness (QED) is 0.842. The average molecular weight is 346 g/mol. The highest BCUT2D eigenvalue weighted by molar-refractivity contribution is 9.10. The first-order valence-corrected chi connectivity index (χ1v) is 8.22. The molecule has 2 aromatic carbocycles. The monoisotopic (exact) mass is 345 g/mol. The summed E-state index contributed by atoms with van der Waals surface area (Å²) >= 11 is 3.53. The largest absolute Gasteiger partial charge is 0.496 e. The normalized spacial score (nSPS) is 17.1. The molecule has 0 spiro atoms. The summed E-state index contributed by atoms with van der Waals surface area (Å²) in [5.41, 5.74) is 4.17. The Bertz CT molecular complexity index is 626. The van der Waals surface area contributed by atoms with Crippen molar-refractivity contribution in [1.82, 2.24) is 0 Å². The maximum Gasteiger partial charge on any atom is 0.133 e. The molecule has 1 N–H and O–H groups in total. The van der Waals surface area contributed by atoms with E-state index in [1.54, 1.807) is 7.11 Å². The molecule has 0 saturated heterocycles. The lowest BCUT2D eigenvalue weighted by Crippen LogP contribution is -2.18. The Morgan fingerprint density at radius 1 is 1.24 bits per heavy atom. The summed E-state index contributed by atoms with van der Waals surface area (Å²) in [5.74, 6) is 1.47. The van der Waals surface area contributed by atoms with Gasteiger partial charge in [-0.2, -0.15) is 0 Å². The van der Waals surface area contributed by atoms with Crippen LogP contribution in [0, 0.1) is 0 Å². The third-order valence-electron chi connectivity index (χ3n) is 4.20. The van der Waals surface area contributed by atoms with Gasteiger partial charge in [0, 0.05) is 18.2 Å². The Kier molecular flexibility index (Phi) is 4.49. The van der Waals surface area contributed by atoms with Crippen molar-refractivity contribution in [3.05, 3.63) is 58.1 Å². The molecule has 110 valence electrons. The number of anilines is 1. The number of nitrogens with one attached hydrogen (secondary N) is 1. The maximum atomic E-state index is 5.27. The van der Waals surface area contributed by atoms with Gasteiger partial charge < -0.3 is 10.1 Å². The number of halogens is 1. The molecule has 0 heterocycles. The summed E-state index contributed by atoms with van der Waals surface area (Å²) in [7, 11) is 1.69. The van der Waals surface area contributed by atoms with E-state index in [1.165, 1.54) is 30.4 Å². The Morgan fingerprint density at radius 2 is 2.10 bits per heavy atom. The molecule has 0 amide bonds. The molecule has 3 rings (SSSR count). The molecule has 21 heavy (non-hydrogen) atoms. The van der Waals surface area contributed by atoms with Gasteiger partial charge in [-0.1, -0.05) is 24.3 Å². The second kappa shape index (κ2) is 6.52. The van der Waals surface area contributed by atoms with Gasteiger partial charge in [0.25, 0.3) is 0 Å². The van der Waals surface area contributed by atoms with E-state index in [4.69, 9.17) is 4.74 Å². The number of benzene rings is 2. The Hall–Kier alpha value is -1.48. The first-order valence-electron chi connectivity index (χ1n) is 7.43. The van der Waals surface area contributed by atoms with E-state index in [1.807, 2.05) is 6.07 Å². The van der Waals surface area contributed by atoms with Crippen molar-refractivity contribution < 1.29 is 4.74 Å². The number of rotatable bonds is 4. The molecule has 0 saturated carbocycles. The molecule has 1 aliphatic rings. The van der Waals surface area contributed by atoms with Gasteiger partial charge in [0.2, 0.25) is 0 Å². The SMILES string of the molecule is COc1ccc(NCC2CCCc3ccccc32)cc1Br. The van der Waals surface area contributed by atoms with Crippen molar-refractivity contribution in [2.75, 3.05) is 19.0 Å². The molecule has 0 radical (unpaired) electrons. The van der Waals surface area contributed by atoms with Crippen LogP contribution in [0.5, 0.6) is 5.75 Å². The standard InChI is InChI=1S/C18H20BrNO/c1-21-18-10-9-15(11-17(18)19)20-12-14-7-4-6-13-5-2-3-8-16(13)14/h2-3,5,8-11,14,20H,4,6-7,12H2,1H3. The zero-order valence-electron chi connectivity index (χ0n) is 12.2. The summed E-state index contributed by atoms with van der Waals surface area (Å²) in [6.07, 6.45) is 3.78. The minimum Gasteiger partial charge on any atom is -0.496 e. The second-order valence-electron chi connectivity index (χ2n) is 5.52. The Labute approximate surface area is 134 Å². The van der Waals surface area contributed by atoms with Crippen LogP contribution < -0.4 is 10.1 Å². The Morgan fingerprint density at radius 3 is 2.90 bits per heavy atom. The number of methoxy groups -OCH3 is 1. The molecule has 2 aromatic rings. The lowest BCUT2D eigenvalue weighted by atomic mass is 9.83. The molecule has 3 heteroatoms. The zero-order chi connectivity index (χ0) is 14.7. The number of fused-ring (bicyclic) bond motifs is 1. The van der Waals surface area contributed by atoms with Crippen LogP contribution in [0.25, 0.3) is 0 Å². The van der Waals surface area contributed by atoms with Gasteiger partial charge in [-0.05, 0) is 64.5 Å². The van der Waals surface area contributed by atoms with Crippen molar-refractivity contribution in [2.24, 2.45) is 0 Å². The Balaban J connectivity index is 1.70. The van der Waals surface area contributed by atoms with E-state index in [0.29, 0.717) is 5.92 Å². The van der Waals surface area contributed by atoms with Gasteiger partial charge in [-0.25, -0.2) is 0 Å². The van der Waals surface area contributed by atoms with Crippen molar-refractivity contribution in [3.63, 3.8) is 0 Å². The first kappa shape index (κ1) is 14.5. The van der Waals surface area contributed by atoms with Crippen molar-refractivity contribution >= 4 is 21.6 Å². The topological polar surface area (TPSA) is 21.3 Å². The average Bonchev–Trinajstić information content (AvgIpc) is 2.53.